The fourth-order valence-corrected chi connectivity index (χ4v) is 6.07. The van der Waals surface area contributed by atoms with Gasteiger partial charge in [-0.15, -0.1) is 11.3 Å². The van der Waals surface area contributed by atoms with Crippen LogP contribution < -0.4 is 4.90 Å². The first kappa shape index (κ1) is 20.9. The number of aliphatic hydroxyl groups is 1. The maximum absolute atomic E-state index is 13.3. The molecule has 32 heavy (non-hydrogen) atoms. The number of benzene rings is 2. The van der Waals surface area contributed by atoms with Crippen LogP contribution >= 0.6 is 34.3 Å². The summed E-state index contributed by atoms with van der Waals surface area (Å²) in [6, 6.07) is 13.6. The molecule has 2 aromatic carbocycles. The van der Waals surface area contributed by atoms with Crippen molar-refractivity contribution in [1.29, 1.82) is 0 Å². The highest BCUT2D eigenvalue weighted by Gasteiger charge is 2.46. The summed E-state index contributed by atoms with van der Waals surface area (Å²) in [7, 11) is 0. The largest absolute Gasteiger partial charge is 0.503 e. The fourth-order valence-electron chi connectivity index (χ4n) is 4.03. The number of carbonyl (C=O) groups is 2. The molecule has 0 radical (unpaired) electrons. The van der Waals surface area contributed by atoms with E-state index in [1.807, 2.05) is 26.0 Å². The summed E-state index contributed by atoms with van der Waals surface area (Å²) in [5.41, 5.74) is 3.55. The second kappa shape index (κ2) is 7.85. The molecule has 0 bridgehead atoms. The van der Waals surface area contributed by atoms with Gasteiger partial charge in [0, 0.05) is 5.02 Å². The Morgan fingerprint density at radius 3 is 2.69 bits per heavy atom. The van der Waals surface area contributed by atoms with Crippen LogP contribution in [0.5, 0.6) is 0 Å². The molecule has 1 atom stereocenters. The predicted octanol–water partition coefficient (Wildman–Crippen LogP) is 6.41. The number of anilines is 1. The number of carbonyl (C=O) groups excluding carboxylic acids is 2. The van der Waals surface area contributed by atoms with E-state index in [1.54, 1.807) is 41.8 Å². The molecule has 0 unspecified atom stereocenters. The van der Waals surface area contributed by atoms with Crippen LogP contribution in [0.25, 0.3) is 10.2 Å². The number of halogens is 1. The van der Waals surface area contributed by atoms with Crippen molar-refractivity contribution in [3.63, 3.8) is 0 Å². The van der Waals surface area contributed by atoms with Crippen LogP contribution in [0.4, 0.5) is 5.13 Å². The Hall–Kier alpha value is -3.00. The van der Waals surface area contributed by atoms with Crippen molar-refractivity contribution in [2.75, 3.05) is 4.90 Å². The van der Waals surface area contributed by atoms with Crippen molar-refractivity contribution >= 4 is 61.3 Å². The molecular formula is C24H17ClN2O3S2. The summed E-state index contributed by atoms with van der Waals surface area (Å²) in [6.45, 7) is 3.98. The second-order valence-electron chi connectivity index (χ2n) is 7.63. The number of fused-ring (bicyclic) bond motifs is 1. The number of amides is 1. The summed E-state index contributed by atoms with van der Waals surface area (Å²) < 4.78 is 0.938. The number of ketones is 1. The Kier molecular flexibility index (Phi) is 5.12. The Balaban J connectivity index is 1.71. The molecule has 0 saturated heterocycles. The van der Waals surface area contributed by atoms with E-state index in [2.05, 4.69) is 0 Å². The lowest BCUT2D eigenvalue weighted by Crippen LogP contribution is -2.30. The molecule has 0 spiro atoms. The highest BCUT2D eigenvalue weighted by Crippen LogP contribution is 2.45. The molecule has 0 saturated carbocycles. The van der Waals surface area contributed by atoms with Gasteiger partial charge < -0.3 is 5.11 Å². The van der Waals surface area contributed by atoms with Gasteiger partial charge in [0.1, 0.15) is 0 Å². The first-order valence-electron chi connectivity index (χ1n) is 9.83. The van der Waals surface area contributed by atoms with Crippen LogP contribution in [0, 0.1) is 13.8 Å². The zero-order chi connectivity index (χ0) is 22.6. The minimum absolute atomic E-state index is 0.0341. The monoisotopic (exact) mass is 480 g/mol. The lowest BCUT2D eigenvalue weighted by molar-refractivity contribution is -0.117. The van der Waals surface area contributed by atoms with E-state index in [0.29, 0.717) is 20.6 Å². The van der Waals surface area contributed by atoms with Crippen molar-refractivity contribution in [2.45, 2.75) is 19.9 Å². The van der Waals surface area contributed by atoms with Crippen molar-refractivity contribution in [2.24, 2.45) is 0 Å². The van der Waals surface area contributed by atoms with Crippen LogP contribution in [0.15, 0.2) is 65.2 Å². The zero-order valence-electron chi connectivity index (χ0n) is 17.1. The van der Waals surface area contributed by atoms with Gasteiger partial charge in [0.15, 0.2) is 10.9 Å². The van der Waals surface area contributed by atoms with E-state index in [0.717, 1.165) is 21.3 Å². The predicted molar refractivity (Wildman–Crippen MR) is 129 cm³/mol. The molecule has 2 aromatic heterocycles. The van der Waals surface area contributed by atoms with Crippen molar-refractivity contribution in [3.8, 4) is 0 Å². The van der Waals surface area contributed by atoms with Crippen LogP contribution in [-0.4, -0.2) is 21.8 Å². The highest BCUT2D eigenvalue weighted by molar-refractivity contribution is 7.22. The van der Waals surface area contributed by atoms with Crippen LogP contribution in [0.3, 0.4) is 0 Å². The van der Waals surface area contributed by atoms with Crippen LogP contribution in [0.2, 0.25) is 5.02 Å². The Labute approximate surface area is 197 Å². The minimum atomic E-state index is -0.835. The van der Waals surface area contributed by atoms with E-state index in [1.165, 1.54) is 27.6 Å². The third-order valence-corrected chi connectivity index (χ3v) is 7.49. The first-order chi connectivity index (χ1) is 15.3. The summed E-state index contributed by atoms with van der Waals surface area (Å²) in [6.07, 6.45) is 0. The smallest absolute Gasteiger partial charge is 0.296 e. The third kappa shape index (κ3) is 3.33. The van der Waals surface area contributed by atoms with Gasteiger partial charge in [0.25, 0.3) is 5.91 Å². The Bertz CT molecular complexity index is 1420. The van der Waals surface area contributed by atoms with E-state index < -0.39 is 17.7 Å². The zero-order valence-corrected chi connectivity index (χ0v) is 19.5. The maximum Gasteiger partial charge on any atom is 0.296 e. The summed E-state index contributed by atoms with van der Waals surface area (Å²) in [5, 5.41) is 13.5. The van der Waals surface area contributed by atoms with E-state index in [4.69, 9.17) is 16.6 Å². The number of hydrogen-bond donors (Lipinski definition) is 1. The molecule has 1 amide bonds. The fraction of sp³-hybridized carbons (Fsp3) is 0.125. The Morgan fingerprint density at radius 1 is 1.16 bits per heavy atom. The van der Waals surface area contributed by atoms with Gasteiger partial charge in [-0.25, -0.2) is 4.98 Å². The first-order valence-corrected chi connectivity index (χ1v) is 11.9. The number of aliphatic hydroxyl groups excluding tert-OH is 1. The quantitative estimate of drug-likeness (QED) is 0.342. The lowest BCUT2D eigenvalue weighted by Gasteiger charge is -2.24. The second-order valence-corrected chi connectivity index (χ2v) is 10.0. The molecule has 8 heteroatoms. The number of thiazole rings is 1. The SMILES string of the molecule is Cc1cc(C)c2nc(N3C(=O)C(O)=C(C(=O)c4cccs4)[C@@H]3c3cccc(Cl)c3)sc2c1. The average Bonchev–Trinajstić information content (AvgIpc) is 3.47. The molecule has 5 nitrogen and oxygen atoms in total. The molecular weight excluding hydrogens is 464 g/mol. The van der Waals surface area contributed by atoms with E-state index in [-0.39, 0.29) is 11.4 Å². The van der Waals surface area contributed by atoms with Crippen molar-refractivity contribution < 1.29 is 14.7 Å². The molecule has 0 fully saturated rings. The molecule has 1 N–H and O–H groups in total. The van der Waals surface area contributed by atoms with Gasteiger partial charge in [-0.3, -0.25) is 14.5 Å². The lowest BCUT2D eigenvalue weighted by atomic mass is 9.95. The Morgan fingerprint density at radius 2 is 1.97 bits per heavy atom. The number of nitrogens with zero attached hydrogens (tertiary/aromatic N) is 2. The maximum atomic E-state index is 13.3. The highest BCUT2D eigenvalue weighted by atomic mass is 35.5. The number of aryl methyl sites for hydroxylation is 2. The van der Waals surface area contributed by atoms with Gasteiger partial charge in [0.05, 0.1) is 26.7 Å². The van der Waals surface area contributed by atoms with E-state index >= 15 is 0 Å². The minimum Gasteiger partial charge on any atom is -0.503 e. The van der Waals surface area contributed by atoms with Gasteiger partial charge in [-0.1, -0.05) is 47.2 Å². The molecule has 1 aliphatic heterocycles. The number of aromatic nitrogens is 1. The van der Waals surface area contributed by atoms with Gasteiger partial charge in [0.2, 0.25) is 5.78 Å². The topological polar surface area (TPSA) is 70.5 Å². The summed E-state index contributed by atoms with van der Waals surface area (Å²) in [4.78, 5) is 33.2. The van der Waals surface area contributed by atoms with Gasteiger partial charge in [-0.05, 0) is 60.2 Å². The molecule has 0 aliphatic carbocycles. The number of hydrogen-bond acceptors (Lipinski definition) is 6. The van der Waals surface area contributed by atoms with Crippen molar-refractivity contribution in [1.82, 2.24) is 4.98 Å². The third-order valence-electron chi connectivity index (χ3n) is 5.39. The van der Waals surface area contributed by atoms with E-state index in [9.17, 15) is 14.7 Å². The van der Waals surface area contributed by atoms with Crippen LogP contribution in [-0.2, 0) is 4.79 Å². The standard InChI is InChI=1S/C24H17ClN2O3S2/c1-12-9-13(2)19-17(10-12)32-24(26-19)27-20(14-5-3-6-15(25)11-14)18(22(29)23(27)30)21(28)16-7-4-8-31-16/h3-11,20,29H,1-2H3/t20-/m0/s1. The molecule has 5 rings (SSSR count). The number of Topliss-reactive ketones (excluding diaryl/α,β-unsaturated/α-hetero) is 1. The van der Waals surface area contributed by atoms with Crippen LogP contribution in [0.1, 0.15) is 32.4 Å². The molecule has 1 aliphatic rings. The van der Waals surface area contributed by atoms with Gasteiger partial charge >= 0.3 is 0 Å². The average molecular weight is 481 g/mol. The molecule has 160 valence electrons. The molecule has 3 heterocycles. The number of thiophene rings is 1. The van der Waals surface area contributed by atoms with Crippen molar-refractivity contribution in [3.05, 3.63) is 91.8 Å². The summed E-state index contributed by atoms with van der Waals surface area (Å²) >= 11 is 8.86. The summed E-state index contributed by atoms with van der Waals surface area (Å²) in [5.74, 6) is -1.59. The molecule has 4 aromatic rings. The normalized spacial score (nSPS) is 16.4. The number of rotatable bonds is 4. The van der Waals surface area contributed by atoms with Gasteiger partial charge in [-0.2, -0.15) is 0 Å².